The first-order chi connectivity index (χ1) is 8.66. The summed E-state index contributed by atoms with van der Waals surface area (Å²) in [7, 11) is 0. The Labute approximate surface area is 111 Å². The van der Waals surface area contributed by atoms with Crippen LogP contribution in [0.2, 0.25) is 0 Å². The van der Waals surface area contributed by atoms with Gasteiger partial charge < -0.3 is 5.73 Å². The van der Waals surface area contributed by atoms with Crippen molar-refractivity contribution in [3.05, 3.63) is 52.9 Å². The molecule has 0 aliphatic carbocycles. The van der Waals surface area contributed by atoms with Crippen LogP contribution in [0.1, 0.15) is 0 Å². The van der Waals surface area contributed by atoms with Crippen molar-refractivity contribution < 1.29 is 4.39 Å². The molecular weight excluding hydrogens is 297 g/mol. The molecule has 3 nitrogen and oxygen atoms in total. The molecule has 0 aliphatic heterocycles. The number of fused-ring (bicyclic) bond motifs is 1. The standard InChI is InChI=1S/C13H9BrFN3/c14-8-5-6-11-17-12(13(16)18(11)7-8)9-3-1-2-4-10(9)15/h1-7H,16H2. The van der Waals surface area contributed by atoms with Crippen LogP contribution in [0, 0.1) is 5.82 Å². The van der Waals surface area contributed by atoms with Gasteiger partial charge >= 0.3 is 0 Å². The average molecular weight is 306 g/mol. The van der Waals surface area contributed by atoms with Crippen molar-refractivity contribution in [2.24, 2.45) is 0 Å². The Morgan fingerprint density at radius 3 is 2.72 bits per heavy atom. The number of nitrogens with zero attached hydrogens (tertiary/aromatic N) is 2. The number of anilines is 1. The van der Waals surface area contributed by atoms with E-state index in [1.165, 1.54) is 6.07 Å². The Morgan fingerprint density at radius 2 is 1.94 bits per heavy atom. The summed E-state index contributed by atoms with van der Waals surface area (Å²) in [6.07, 6.45) is 1.81. The highest BCUT2D eigenvalue weighted by Gasteiger charge is 2.14. The molecule has 2 aromatic heterocycles. The molecule has 0 saturated carbocycles. The summed E-state index contributed by atoms with van der Waals surface area (Å²) in [5.74, 6) is 0.100. The van der Waals surface area contributed by atoms with E-state index in [0.717, 1.165) is 4.47 Å². The SMILES string of the molecule is Nc1c(-c2ccccc2F)nc2ccc(Br)cn12. The van der Waals surface area contributed by atoms with Crippen molar-refractivity contribution in [3.63, 3.8) is 0 Å². The molecule has 5 heteroatoms. The first-order valence-electron chi connectivity index (χ1n) is 5.35. The number of rotatable bonds is 1. The minimum Gasteiger partial charge on any atom is -0.383 e. The van der Waals surface area contributed by atoms with Gasteiger partial charge in [-0.2, -0.15) is 0 Å². The minimum atomic E-state index is -0.327. The lowest BCUT2D eigenvalue weighted by Crippen LogP contribution is -1.94. The van der Waals surface area contributed by atoms with Gasteiger partial charge in [-0.25, -0.2) is 9.37 Å². The van der Waals surface area contributed by atoms with Crippen LogP contribution in [-0.2, 0) is 0 Å². The summed E-state index contributed by atoms with van der Waals surface area (Å²) in [6.45, 7) is 0. The van der Waals surface area contributed by atoms with E-state index >= 15 is 0 Å². The van der Waals surface area contributed by atoms with Gasteiger partial charge in [-0.15, -0.1) is 0 Å². The van der Waals surface area contributed by atoms with E-state index in [4.69, 9.17) is 5.73 Å². The van der Waals surface area contributed by atoms with Crippen LogP contribution in [0.4, 0.5) is 10.2 Å². The van der Waals surface area contributed by atoms with E-state index in [-0.39, 0.29) is 5.82 Å². The molecule has 0 spiro atoms. The van der Waals surface area contributed by atoms with E-state index in [2.05, 4.69) is 20.9 Å². The van der Waals surface area contributed by atoms with Crippen molar-refractivity contribution in [3.8, 4) is 11.3 Å². The molecule has 0 amide bonds. The number of aromatic nitrogens is 2. The lowest BCUT2D eigenvalue weighted by molar-refractivity contribution is 0.631. The predicted molar refractivity (Wildman–Crippen MR) is 72.7 cm³/mol. The highest BCUT2D eigenvalue weighted by Crippen LogP contribution is 2.29. The zero-order valence-electron chi connectivity index (χ0n) is 9.27. The van der Waals surface area contributed by atoms with Crippen molar-refractivity contribution >= 4 is 27.4 Å². The Bertz CT molecular complexity index is 736. The molecule has 3 aromatic rings. The second kappa shape index (κ2) is 4.10. The van der Waals surface area contributed by atoms with Gasteiger partial charge in [-0.05, 0) is 40.2 Å². The molecule has 0 unspecified atom stereocenters. The summed E-state index contributed by atoms with van der Waals surface area (Å²) < 4.78 is 16.4. The molecule has 0 aliphatic rings. The van der Waals surface area contributed by atoms with Crippen LogP contribution in [0.5, 0.6) is 0 Å². The molecule has 2 N–H and O–H groups in total. The maximum Gasteiger partial charge on any atom is 0.139 e. The maximum absolute atomic E-state index is 13.7. The van der Waals surface area contributed by atoms with Gasteiger partial charge in [0.15, 0.2) is 0 Å². The first-order valence-corrected chi connectivity index (χ1v) is 6.14. The largest absolute Gasteiger partial charge is 0.383 e. The zero-order valence-corrected chi connectivity index (χ0v) is 10.9. The summed E-state index contributed by atoms with van der Waals surface area (Å²) in [5, 5.41) is 0. The van der Waals surface area contributed by atoms with E-state index in [1.807, 2.05) is 18.3 Å². The number of halogens is 2. The lowest BCUT2D eigenvalue weighted by atomic mass is 10.1. The number of hydrogen-bond acceptors (Lipinski definition) is 2. The third-order valence-corrected chi connectivity index (χ3v) is 3.22. The topological polar surface area (TPSA) is 43.3 Å². The molecule has 2 heterocycles. The predicted octanol–water partition coefficient (Wildman–Crippen LogP) is 3.49. The number of nitrogen functional groups attached to an aromatic ring is 1. The number of hydrogen-bond donors (Lipinski definition) is 1. The fourth-order valence-electron chi connectivity index (χ4n) is 1.89. The molecule has 0 fully saturated rings. The Hall–Kier alpha value is -1.88. The van der Waals surface area contributed by atoms with Crippen LogP contribution in [0.25, 0.3) is 16.9 Å². The minimum absolute atomic E-state index is 0.327. The first kappa shape index (κ1) is 11.2. The summed E-state index contributed by atoms with van der Waals surface area (Å²) >= 11 is 3.37. The monoisotopic (exact) mass is 305 g/mol. The van der Waals surface area contributed by atoms with Gasteiger partial charge in [0.1, 0.15) is 23.0 Å². The zero-order chi connectivity index (χ0) is 12.7. The van der Waals surface area contributed by atoms with Gasteiger partial charge in [0.2, 0.25) is 0 Å². The third-order valence-electron chi connectivity index (χ3n) is 2.75. The number of nitrogens with two attached hydrogens (primary N) is 1. The van der Waals surface area contributed by atoms with Crippen LogP contribution in [0.15, 0.2) is 47.1 Å². The summed E-state index contributed by atoms with van der Waals surface area (Å²) in [5.41, 5.74) is 7.59. The Morgan fingerprint density at radius 1 is 1.17 bits per heavy atom. The average Bonchev–Trinajstić information content (AvgIpc) is 2.68. The second-order valence-electron chi connectivity index (χ2n) is 3.90. The molecule has 3 rings (SSSR count). The molecule has 0 radical (unpaired) electrons. The van der Waals surface area contributed by atoms with E-state index in [9.17, 15) is 4.39 Å². The number of imidazole rings is 1. The van der Waals surface area contributed by atoms with E-state index in [0.29, 0.717) is 22.7 Å². The molecular formula is C13H9BrFN3. The molecule has 0 atom stereocenters. The molecule has 0 saturated heterocycles. The molecule has 18 heavy (non-hydrogen) atoms. The molecule has 1 aromatic carbocycles. The van der Waals surface area contributed by atoms with Gasteiger partial charge in [-0.3, -0.25) is 4.40 Å². The summed E-state index contributed by atoms with van der Waals surface area (Å²) in [4.78, 5) is 4.36. The van der Waals surface area contributed by atoms with Crippen LogP contribution < -0.4 is 5.73 Å². The van der Waals surface area contributed by atoms with Gasteiger partial charge in [0, 0.05) is 16.2 Å². The second-order valence-corrected chi connectivity index (χ2v) is 4.82. The summed E-state index contributed by atoms with van der Waals surface area (Å²) in [6, 6.07) is 10.2. The van der Waals surface area contributed by atoms with Gasteiger partial charge in [-0.1, -0.05) is 12.1 Å². The van der Waals surface area contributed by atoms with Crippen LogP contribution in [0.3, 0.4) is 0 Å². The Balaban J connectivity index is 2.31. The van der Waals surface area contributed by atoms with Crippen LogP contribution >= 0.6 is 15.9 Å². The molecule has 90 valence electrons. The van der Waals surface area contributed by atoms with E-state index in [1.54, 1.807) is 22.6 Å². The number of benzene rings is 1. The maximum atomic E-state index is 13.7. The van der Waals surface area contributed by atoms with Crippen molar-refractivity contribution in [1.82, 2.24) is 9.38 Å². The highest BCUT2D eigenvalue weighted by molar-refractivity contribution is 9.10. The third kappa shape index (κ3) is 1.67. The quantitative estimate of drug-likeness (QED) is 0.748. The van der Waals surface area contributed by atoms with E-state index < -0.39 is 0 Å². The normalized spacial score (nSPS) is 11.0. The Kier molecular flexibility index (Phi) is 2.56. The fourth-order valence-corrected chi connectivity index (χ4v) is 2.23. The molecule has 0 bridgehead atoms. The smallest absolute Gasteiger partial charge is 0.139 e. The lowest BCUT2D eigenvalue weighted by Gasteiger charge is -2.00. The van der Waals surface area contributed by atoms with Crippen molar-refractivity contribution in [2.45, 2.75) is 0 Å². The highest BCUT2D eigenvalue weighted by atomic mass is 79.9. The van der Waals surface area contributed by atoms with Gasteiger partial charge in [0.05, 0.1) is 0 Å². The van der Waals surface area contributed by atoms with Crippen molar-refractivity contribution in [2.75, 3.05) is 5.73 Å². The van der Waals surface area contributed by atoms with Gasteiger partial charge in [0.25, 0.3) is 0 Å². The fraction of sp³-hybridized carbons (Fsp3) is 0. The van der Waals surface area contributed by atoms with Crippen molar-refractivity contribution in [1.29, 1.82) is 0 Å². The van der Waals surface area contributed by atoms with Crippen LogP contribution in [-0.4, -0.2) is 9.38 Å². The number of pyridine rings is 1.